The standard InChI is InChI=1S/C12H20N2O2/c1-9(13)10-5-6-14(7-10)8-12(2,3)11(15)16-4/h5-7,9H,8,13H2,1-4H3. The van der Waals surface area contributed by atoms with Crippen LogP contribution in [0.25, 0.3) is 0 Å². The van der Waals surface area contributed by atoms with Crippen LogP contribution in [0.3, 0.4) is 0 Å². The predicted octanol–water partition coefficient (Wildman–Crippen LogP) is 1.71. The molecule has 0 saturated heterocycles. The van der Waals surface area contributed by atoms with Crippen LogP contribution in [0.15, 0.2) is 18.5 Å². The Balaban J connectivity index is 2.76. The Kier molecular flexibility index (Phi) is 3.75. The molecule has 1 unspecified atom stereocenters. The highest BCUT2D eigenvalue weighted by atomic mass is 16.5. The SMILES string of the molecule is COC(=O)C(C)(C)Cn1ccc(C(C)N)c1. The number of nitrogens with two attached hydrogens (primary N) is 1. The van der Waals surface area contributed by atoms with Gasteiger partial charge in [0.2, 0.25) is 0 Å². The molecule has 4 heteroatoms. The van der Waals surface area contributed by atoms with Crippen LogP contribution >= 0.6 is 0 Å². The normalized spacial score (nSPS) is 13.6. The van der Waals surface area contributed by atoms with Crippen molar-refractivity contribution in [2.75, 3.05) is 7.11 Å². The van der Waals surface area contributed by atoms with Crippen molar-refractivity contribution in [3.05, 3.63) is 24.0 Å². The monoisotopic (exact) mass is 224 g/mol. The Morgan fingerprint density at radius 1 is 1.62 bits per heavy atom. The first-order chi connectivity index (χ1) is 7.36. The number of hydrogen-bond acceptors (Lipinski definition) is 3. The Morgan fingerprint density at radius 3 is 2.69 bits per heavy atom. The number of esters is 1. The molecule has 1 heterocycles. The third kappa shape index (κ3) is 2.85. The molecule has 4 nitrogen and oxygen atoms in total. The maximum Gasteiger partial charge on any atom is 0.313 e. The van der Waals surface area contributed by atoms with Crippen molar-refractivity contribution in [2.24, 2.45) is 11.1 Å². The highest BCUT2D eigenvalue weighted by Crippen LogP contribution is 2.21. The molecular formula is C12H20N2O2. The summed E-state index contributed by atoms with van der Waals surface area (Å²) in [5, 5.41) is 0. The molecule has 0 amide bonds. The molecule has 0 spiro atoms. The highest BCUT2D eigenvalue weighted by molar-refractivity contribution is 5.75. The summed E-state index contributed by atoms with van der Waals surface area (Å²) in [5.41, 5.74) is 6.32. The topological polar surface area (TPSA) is 57.2 Å². The third-order valence-corrected chi connectivity index (χ3v) is 2.61. The Hall–Kier alpha value is -1.29. The molecule has 0 fully saturated rings. The van der Waals surface area contributed by atoms with Crippen LogP contribution < -0.4 is 5.73 Å². The Labute approximate surface area is 96.4 Å². The van der Waals surface area contributed by atoms with Gasteiger partial charge in [-0.1, -0.05) is 0 Å². The minimum Gasteiger partial charge on any atom is -0.469 e. The number of aromatic nitrogens is 1. The number of nitrogens with zero attached hydrogens (tertiary/aromatic N) is 1. The van der Waals surface area contributed by atoms with Gasteiger partial charge in [-0.3, -0.25) is 4.79 Å². The van der Waals surface area contributed by atoms with Gasteiger partial charge in [-0.05, 0) is 32.4 Å². The Bertz CT molecular complexity index is 367. The van der Waals surface area contributed by atoms with E-state index >= 15 is 0 Å². The first-order valence-corrected chi connectivity index (χ1v) is 5.36. The van der Waals surface area contributed by atoms with E-state index in [0.717, 1.165) is 5.56 Å². The zero-order valence-electron chi connectivity index (χ0n) is 10.4. The molecule has 1 aromatic heterocycles. The summed E-state index contributed by atoms with van der Waals surface area (Å²) >= 11 is 0. The van der Waals surface area contributed by atoms with E-state index in [9.17, 15) is 4.79 Å². The average Bonchev–Trinajstić information content (AvgIpc) is 2.64. The minimum atomic E-state index is -0.525. The number of carbonyl (C=O) groups excluding carboxylic acids is 1. The summed E-state index contributed by atoms with van der Waals surface area (Å²) in [6.45, 7) is 6.26. The number of rotatable bonds is 4. The van der Waals surface area contributed by atoms with Crippen molar-refractivity contribution < 1.29 is 9.53 Å². The molecule has 1 atom stereocenters. The largest absolute Gasteiger partial charge is 0.469 e. The fourth-order valence-corrected chi connectivity index (χ4v) is 1.62. The fourth-order valence-electron chi connectivity index (χ4n) is 1.62. The maximum absolute atomic E-state index is 11.5. The van der Waals surface area contributed by atoms with Gasteiger partial charge in [0.05, 0.1) is 12.5 Å². The lowest BCUT2D eigenvalue weighted by Gasteiger charge is -2.21. The molecule has 0 saturated carbocycles. The Morgan fingerprint density at radius 2 is 2.25 bits per heavy atom. The smallest absolute Gasteiger partial charge is 0.313 e. The molecular weight excluding hydrogens is 204 g/mol. The zero-order valence-corrected chi connectivity index (χ0v) is 10.4. The molecule has 0 aliphatic rings. The first kappa shape index (κ1) is 12.8. The van der Waals surface area contributed by atoms with Crippen molar-refractivity contribution in [1.29, 1.82) is 0 Å². The quantitative estimate of drug-likeness (QED) is 0.792. The van der Waals surface area contributed by atoms with Crippen molar-refractivity contribution in [1.82, 2.24) is 4.57 Å². The van der Waals surface area contributed by atoms with Gasteiger partial charge < -0.3 is 15.0 Å². The van der Waals surface area contributed by atoms with Crippen LogP contribution in [0.2, 0.25) is 0 Å². The average molecular weight is 224 g/mol. The molecule has 90 valence electrons. The second-order valence-corrected chi connectivity index (χ2v) is 4.78. The summed E-state index contributed by atoms with van der Waals surface area (Å²) in [6, 6.07) is 1.99. The summed E-state index contributed by atoms with van der Waals surface area (Å²) in [7, 11) is 1.41. The van der Waals surface area contributed by atoms with Crippen LogP contribution in [0.1, 0.15) is 32.4 Å². The van der Waals surface area contributed by atoms with Gasteiger partial charge in [0.25, 0.3) is 0 Å². The van der Waals surface area contributed by atoms with Crippen molar-refractivity contribution in [2.45, 2.75) is 33.4 Å². The van der Waals surface area contributed by atoms with E-state index in [0.29, 0.717) is 6.54 Å². The number of methoxy groups -OCH3 is 1. The first-order valence-electron chi connectivity index (χ1n) is 5.36. The van der Waals surface area contributed by atoms with Crippen molar-refractivity contribution in [3.63, 3.8) is 0 Å². The van der Waals surface area contributed by atoms with Gasteiger partial charge in [0, 0.05) is 25.0 Å². The molecule has 0 aliphatic heterocycles. The molecule has 2 N–H and O–H groups in total. The maximum atomic E-state index is 11.5. The fraction of sp³-hybridized carbons (Fsp3) is 0.583. The number of ether oxygens (including phenoxy) is 1. The van der Waals surface area contributed by atoms with E-state index < -0.39 is 5.41 Å². The second-order valence-electron chi connectivity index (χ2n) is 4.78. The molecule has 16 heavy (non-hydrogen) atoms. The molecule has 1 aromatic rings. The lowest BCUT2D eigenvalue weighted by atomic mass is 9.94. The van der Waals surface area contributed by atoms with Gasteiger partial charge in [-0.15, -0.1) is 0 Å². The van der Waals surface area contributed by atoms with Crippen LogP contribution in [0.5, 0.6) is 0 Å². The molecule has 0 radical (unpaired) electrons. The van der Waals surface area contributed by atoms with E-state index in [4.69, 9.17) is 10.5 Å². The number of carbonyl (C=O) groups is 1. The third-order valence-electron chi connectivity index (χ3n) is 2.61. The van der Waals surface area contributed by atoms with Gasteiger partial charge >= 0.3 is 5.97 Å². The second kappa shape index (κ2) is 4.70. The highest BCUT2D eigenvalue weighted by Gasteiger charge is 2.29. The van der Waals surface area contributed by atoms with Crippen LogP contribution in [0.4, 0.5) is 0 Å². The molecule has 1 rings (SSSR count). The molecule has 0 bridgehead atoms. The van der Waals surface area contributed by atoms with Gasteiger partial charge in [-0.2, -0.15) is 0 Å². The van der Waals surface area contributed by atoms with E-state index in [1.165, 1.54) is 7.11 Å². The zero-order chi connectivity index (χ0) is 12.3. The van der Waals surface area contributed by atoms with Crippen molar-refractivity contribution >= 4 is 5.97 Å². The lowest BCUT2D eigenvalue weighted by molar-refractivity contribution is -0.151. The van der Waals surface area contributed by atoms with Crippen LogP contribution in [-0.4, -0.2) is 17.6 Å². The van der Waals surface area contributed by atoms with Crippen LogP contribution in [0, 0.1) is 5.41 Å². The summed E-state index contributed by atoms with van der Waals surface area (Å²) in [6.07, 6.45) is 3.90. The molecule has 0 aromatic carbocycles. The van der Waals surface area contributed by atoms with E-state index in [2.05, 4.69) is 0 Å². The van der Waals surface area contributed by atoms with Gasteiger partial charge in [0.15, 0.2) is 0 Å². The van der Waals surface area contributed by atoms with Gasteiger partial charge in [0.1, 0.15) is 0 Å². The summed E-state index contributed by atoms with van der Waals surface area (Å²) in [4.78, 5) is 11.5. The van der Waals surface area contributed by atoms with E-state index in [1.54, 1.807) is 0 Å². The lowest BCUT2D eigenvalue weighted by Crippen LogP contribution is -2.30. The van der Waals surface area contributed by atoms with Crippen molar-refractivity contribution in [3.8, 4) is 0 Å². The van der Waals surface area contributed by atoms with Crippen LogP contribution in [-0.2, 0) is 16.1 Å². The van der Waals surface area contributed by atoms with Gasteiger partial charge in [-0.25, -0.2) is 0 Å². The van der Waals surface area contributed by atoms with E-state index in [-0.39, 0.29) is 12.0 Å². The summed E-state index contributed by atoms with van der Waals surface area (Å²) < 4.78 is 6.73. The molecule has 0 aliphatic carbocycles. The summed E-state index contributed by atoms with van der Waals surface area (Å²) in [5.74, 6) is -0.205. The minimum absolute atomic E-state index is 0.0162. The van der Waals surface area contributed by atoms with E-state index in [1.807, 2.05) is 43.8 Å². The number of hydrogen-bond donors (Lipinski definition) is 1. The predicted molar refractivity (Wildman–Crippen MR) is 62.8 cm³/mol.